The second kappa shape index (κ2) is 11.2. The van der Waals surface area contributed by atoms with Crippen LogP contribution in [0.4, 0.5) is 0 Å². The van der Waals surface area contributed by atoms with Crippen molar-refractivity contribution in [1.29, 1.82) is 0 Å². The number of aryl methyl sites for hydroxylation is 1. The Labute approximate surface area is 204 Å². The highest BCUT2D eigenvalue weighted by molar-refractivity contribution is 6.00. The number of phenolic OH excluding ortho intramolecular Hbond substituents is 1. The summed E-state index contributed by atoms with van der Waals surface area (Å²) in [6, 6.07) is 9.97. The molecule has 3 rings (SSSR count). The first-order valence-electron chi connectivity index (χ1n) is 11.8. The van der Waals surface area contributed by atoms with E-state index in [-0.39, 0.29) is 35.0 Å². The minimum absolute atomic E-state index is 0.0277. The lowest BCUT2D eigenvalue weighted by molar-refractivity contribution is 0.0694. The number of hydrogen-bond donors (Lipinski definition) is 3. The topological polar surface area (TPSA) is 113 Å². The summed E-state index contributed by atoms with van der Waals surface area (Å²) in [5.41, 5.74) is 1.51. The van der Waals surface area contributed by atoms with Crippen molar-refractivity contribution in [3.05, 3.63) is 58.7 Å². The minimum Gasteiger partial charge on any atom is -0.507 e. The molecule has 0 aromatic heterocycles. The largest absolute Gasteiger partial charge is 0.507 e. The number of aliphatic hydroxyl groups is 1. The number of ether oxygens (including phenoxy) is 2. The van der Waals surface area contributed by atoms with Crippen molar-refractivity contribution in [2.75, 3.05) is 6.61 Å². The van der Waals surface area contributed by atoms with Crippen LogP contribution in [0.2, 0.25) is 0 Å². The van der Waals surface area contributed by atoms with Crippen LogP contribution in [0.15, 0.2) is 36.4 Å². The monoisotopic (exact) mass is 480 g/mol. The molecule has 0 spiro atoms. The lowest BCUT2D eigenvalue weighted by atomic mass is 9.97. The SMILES string of the molecule is CCCc1c(Oc2cc3ccc(OCC(C)O)c(CCC)c3cc2C(=O)O)ccc(C(C)=O)c1O. The van der Waals surface area contributed by atoms with Gasteiger partial charge in [-0.2, -0.15) is 0 Å². The van der Waals surface area contributed by atoms with Gasteiger partial charge < -0.3 is 24.8 Å². The number of aromatic carboxylic acids is 1. The zero-order valence-electron chi connectivity index (χ0n) is 20.6. The summed E-state index contributed by atoms with van der Waals surface area (Å²) in [6.45, 7) is 7.12. The van der Waals surface area contributed by atoms with Crippen LogP contribution in [0.3, 0.4) is 0 Å². The number of benzene rings is 3. The van der Waals surface area contributed by atoms with E-state index in [1.54, 1.807) is 25.1 Å². The first-order valence-corrected chi connectivity index (χ1v) is 11.8. The Morgan fingerprint density at radius 2 is 1.57 bits per heavy atom. The molecule has 7 nitrogen and oxygen atoms in total. The molecule has 1 unspecified atom stereocenters. The van der Waals surface area contributed by atoms with E-state index in [4.69, 9.17) is 9.47 Å². The number of aromatic hydroxyl groups is 1. The number of fused-ring (bicyclic) bond motifs is 1. The van der Waals surface area contributed by atoms with Crippen LogP contribution < -0.4 is 9.47 Å². The van der Waals surface area contributed by atoms with Gasteiger partial charge in [-0.15, -0.1) is 0 Å². The number of Topliss-reactive ketones (excluding diaryl/α,β-unsaturated/α-hetero) is 1. The van der Waals surface area contributed by atoms with E-state index in [9.17, 15) is 24.9 Å². The number of carboxylic acids is 1. The molecule has 0 aliphatic heterocycles. The molecule has 0 fully saturated rings. The van der Waals surface area contributed by atoms with Gasteiger partial charge in [-0.1, -0.05) is 32.8 Å². The fourth-order valence-corrected chi connectivity index (χ4v) is 4.11. The van der Waals surface area contributed by atoms with Crippen LogP contribution in [0, 0.1) is 0 Å². The van der Waals surface area contributed by atoms with E-state index < -0.39 is 12.1 Å². The highest BCUT2D eigenvalue weighted by atomic mass is 16.5. The van der Waals surface area contributed by atoms with Crippen LogP contribution in [0.1, 0.15) is 72.4 Å². The maximum absolute atomic E-state index is 12.2. The van der Waals surface area contributed by atoms with Crippen LogP contribution in [0.5, 0.6) is 23.0 Å². The van der Waals surface area contributed by atoms with Crippen molar-refractivity contribution < 1.29 is 34.4 Å². The Bertz CT molecular complexity index is 1240. The molecular formula is C28H32O7. The number of carbonyl (C=O) groups is 2. The Hall–Kier alpha value is -3.58. The highest BCUT2D eigenvalue weighted by Gasteiger charge is 2.21. The second-order valence-electron chi connectivity index (χ2n) is 8.67. The fourth-order valence-electron chi connectivity index (χ4n) is 4.11. The summed E-state index contributed by atoms with van der Waals surface area (Å²) < 4.78 is 11.9. The highest BCUT2D eigenvalue weighted by Crippen LogP contribution is 2.39. The van der Waals surface area contributed by atoms with Crippen molar-refractivity contribution in [3.8, 4) is 23.0 Å². The zero-order chi connectivity index (χ0) is 25.7. The molecule has 0 radical (unpaired) electrons. The fraction of sp³-hybridized carbons (Fsp3) is 0.357. The predicted molar refractivity (Wildman–Crippen MR) is 134 cm³/mol. The van der Waals surface area contributed by atoms with E-state index in [1.165, 1.54) is 13.0 Å². The molecule has 7 heteroatoms. The van der Waals surface area contributed by atoms with Gasteiger partial charge in [-0.3, -0.25) is 4.79 Å². The number of ketones is 1. The maximum Gasteiger partial charge on any atom is 0.339 e. The summed E-state index contributed by atoms with van der Waals surface area (Å²) >= 11 is 0. The van der Waals surface area contributed by atoms with E-state index in [0.29, 0.717) is 36.3 Å². The van der Waals surface area contributed by atoms with E-state index in [2.05, 4.69) is 0 Å². The van der Waals surface area contributed by atoms with Gasteiger partial charge in [0.25, 0.3) is 0 Å². The molecule has 0 saturated carbocycles. The van der Waals surface area contributed by atoms with Gasteiger partial charge in [-0.25, -0.2) is 4.79 Å². The van der Waals surface area contributed by atoms with E-state index >= 15 is 0 Å². The zero-order valence-corrected chi connectivity index (χ0v) is 20.6. The van der Waals surface area contributed by atoms with Gasteiger partial charge >= 0.3 is 5.97 Å². The molecule has 0 aliphatic carbocycles. The Morgan fingerprint density at radius 1 is 0.914 bits per heavy atom. The summed E-state index contributed by atoms with van der Waals surface area (Å²) in [6.07, 6.45) is 2.03. The molecule has 0 bridgehead atoms. The standard InChI is InChI=1S/C28H32O7/c1-5-7-20-22-14-23(28(32)33)26(13-18(22)9-11-24(20)34-15-16(3)29)35-25-12-10-19(17(4)30)27(31)21(25)8-6-2/h9-14,16,29,31H,5-8,15H2,1-4H3,(H,32,33). The normalized spacial score (nSPS) is 11.9. The summed E-state index contributed by atoms with van der Waals surface area (Å²) in [4.78, 5) is 24.1. The van der Waals surface area contributed by atoms with Crippen molar-refractivity contribution >= 4 is 22.5 Å². The average molecular weight is 481 g/mol. The van der Waals surface area contributed by atoms with Gasteiger partial charge in [0, 0.05) is 11.1 Å². The molecule has 0 aliphatic rings. The van der Waals surface area contributed by atoms with Crippen LogP contribution in [-0.4, -0.2) is 39.8 Å². The third-order valence-corrected chi connectivity index (χ3v) is 5.74. The Morgan fingerprint density at radius 3 is 2.17 bits per heavy atom. The minimum atomic E-state index is -1.15. The third kappa shape index (κ3) is 5.74. The molecule has 0 heterocycles. The number of rotatable bonds is 11. The summed E-state index contributed by atoms with van der Waals surface area (Å²) in [5, 5.41) is 31.8. The molecule has 186 valence electrons. The average Bonchev–Trinajstić information content (AvgIpc) is 2.80. The maximum atomic E-state index is 12.2. The Kier molecular flexibility index (Phi) is 8.35. The number of carboxylic acid groups (broad SMARTS) is 1. The second-order valence-corrected chi connectivity index (χ2v) is 8.67. The van der Waals surface area contributed by atoms with Gasteiger partial charge in [0.1, 0.15) is 35.2 Å². The van der Waals surface area contributed by atoms with Gasteiger partial charge in [-0.05, 0) is 67.8 Å². The molecule has 3 N–H and O–H groups in total. The van der Waals surface area contributed by atoms with Crippen molar-refractivity contribution in [1.82, 2.24) is 0 Å². The van der Waals surface area contributed by atoms with Crippen LogP contribution in [0.25, 0.3) is 10.8 Å². The van der Waals surface area contributed by atoms with Crippen molar-refractivity contribution in [2.24, 2.45) is 0 Å². The van der Waals surface area contributed by atoms with Crippen LogP contribution >= 0.6 is 0 Å². The Balaban J connectivity index is 2.15. The van der Waals surface area contributed by atoms with E-state index in [0.717, 1.165) is 22.8 Å². The lowest BCUT2D eigenvalue weighted by Crippen LogP contribution is -2.13. The number of aliphatic hydroxyl groups excluding tert-OH is 1. The van der Waals surface area contributed by atoms with Gasteiger partial charge in [0.2, 0.25) is 0 Å². The van der Waals surface area contributed by atoms with Gasteiger partial charge in [0.05, 0.1) is 11.7 Å². The molecular weight excluding hydrogens is 448 g/mol. The first-order chi connectivity index (χ1) is 16.7. The first kappa shape index (κ1) is 26.0. The van der Waals surface area contributed by atoms with Crippen LogP contribution in [-0.2, 0) is 12.8 Å². The predicted octanol–water partition coefficient (Wildman–Crippen LogP) is 5.90. The van der Waals surface area contributed by atoms with Crippen molar-refractivity contribution in [3.63, 3.8) is 0 Å². The molecule has 3 aromatic carbocycles. The number of phenols is 1. The molecule has 0 amide bonds. The lowest BCUT2D eigenvalue weighted by Gasteiger charge is -2.18. The third-order valence-electron chi connectivity index (χ3n) is 5.74. The summed E-state index contributed by atoms with van der Waals surface area (Å²) in [7, 11) is 0. The molecule has 35 heavy (non-hydrogen) atoms. The van der Waals surface area contributed by atoms with E-state index in [1.807, 2.05) is 26.0 Å². The smallest absolute Gasteiger partial charge is 0.339 e. The number of hydrogen-bond acceptors (Lipinski definition) is 6. The number of carbonyl (C=O) groups excluding carboxylic acids is 1. The molecule has 1 atom stereocenters. The van der Waals surface area contributed by atoms with Crippen molar-refractivity contribution in [2.45, 2.75) is 59.5 Å². The molecule has 0 saturated heterocycles. The molecule has 3 aromatic rings. The quantitative estimate of drug-likeness (QED) is 0.293. The summed E-state index contributed by atoms with van der Waals surface area (Å²) in [5.74, 6) is -0.499. The van der Waals surface area contributed by atoms with Gasteiger partial charge in [0.15, 0.2) is 5.78 Å².